The van der Waals surface area contributed by atoms with Crippen molar-refractivity contribution >= 4 is 0 Å². The zero-order chi connectivity index (χ0) is 17.7. The highest BCUT2D eigenvalue weighted by Gasteiger charge is 2.28. The van der Waals surface area contributed by atoms with Crippen molar-refractivity contribution in [3.05, 3.63) is 58.1 Å². The summed E-state index contributed by atoms with van der Waals surface area (Å²) in [5.41, 5.74) is 10.2. The van der Waals surface area contributed by atoms with Crippen molar-refractivity contribution in [1.82, 2.24) is 0 Å². The van der Waals surface area contributed by atoms with E-state index in [1.54, 1.807) is 7.11 Å². The molecule has 0 radical (unpaired) electrons. The van der Waals surface area contributed by atoms with Crippen molar-refractivity contribution in [2.75, 3.05) is 7.11 Å². The molecule has 24 heavy (non-hydrogen) atoms. The molecule has 0 aromatic heterocycles. The molecule has 0 fully saturated rings. The van der Waals surface area contributed by atoms with E-state index in [1.807, 2.05) is 0 Å². The Hall–Kier alpha value is -1.60. The van der Waals surface area contributed by atoms with Crippen molar-refractivity contribution in [1.29, 1.82) is 0 Å². The second-order valence-electron chi connectivity index (χ2n) is 9.10. The van der Waals surface area contributed by atoms with Gasteiger partial charge in [-0.25, -0.2) is 0 Å². The lowest BCUT2D eigenvalue weighted by atomic mass is 9.81. The van der Waals surface area contributed by atoms with Crippen LogP contribution in [0.3, 0.4) is 0 Å². The molecule has 1 aliphatic carbocycles. The second-order valence-corrected chi connectivity index (χ2v) is 9.10. The van der Waals surface area contributed by atoms with E-state index in [1.165, 1.54) is 38.9 Å². The summed E-state index contributed by atoms with van der Waals surface area (Å²) in [7, 11) is 1.80. The number of ether oxygens (including phenoxy) is 1. The van der Waals surface area contributed by atoms with Gasteiger partial charge in [0.1, 0.15) is 0 Å². The maximum absolute atomic E-state index is 5.57. The Morgan fingerprint density at radius 2 is 1.54 bits per heavy atom. The Kier molecular flexibility index (Phi) is 4.12. The van der Waals surface area contributed by atoms with Crippen molar-refractivity contribution in [3.8, 4) is 11.1 Å². The molecule has 0 bridgehead atoms. The van der Waals surface area contributed by atoms with Crippen molar-refractivity contribution in [2.24, 2.45) is 0 Å². The lowest BCUT2D eigenvalue weighted by Gasteiger charge is -2.25. The number of hydrogen-bond acceptors (Lipinski definition) is 1. The molecular weight excluding hydrogens is 292 g/mol. The first-order valence-electron chi connectivity index (χ1n) is 8.91. The average molecular weight is 322 g/mol. The largest absolute Gasteiger partial charge is 0.380 e. The predicted molar refractivity (Wildman–Crippen MR) is 103 cm³/mol. The number of methoxy groups -OCH3 is 1. The summed E-state index contributed by atoms with van der Waals surface area (Å²) in [5, 5.41) is 0. The minimum absolute atomic E-state index is 0.133. The van der Waals surface area contributed by atoms with Crippen molar-refractivity contribution in [2.45, 2.75) is 65.4 Å². The second kappa shape index (κ2) is 5.74. The number of hydrogen-bond donors (Lipinski definition) is 0. The topological polar surface area (TPSA) is 9.23 Å². The van der Waals surface area contributed by atoms with Gasteiger partial charge in [-0.1, -0.05) is 71.9 Å². The quantitative estimate of drug-likeness (QED) is 0.562. The molecule has 2 aromatic carbocycles. The van der Waals surface area contributed by atoms with Gasteiger partial charge < -0.3 is 4.74 Å². The maximum atomic E-state index is 5.57. The minimum Gasteiger partial charge on any atom is -0.380 e. The van der Waals surface area contributed by atoms with E-state index in [2.05, 4.69) is 71.9 Å². The molecule has 1 aliphatic rings. The standard InChI is InChI=1S/C23H30O/c1-22(2,3)16-8-9-17-15(12-16)13-19-18(17)10-11-21(23(4,5)6)20(19)14-24-7/h8-12H,13-14H2,1-7H3. The Morgan fingerprint density at radius 1 is 0.875 bits per heavy atom. The van der Waals surface area contributed by atoms with E-state index < -0.39 is 0 Å². The van der Waals surface area contributed by atoms with Crippen LogP contribution in [0.25, 0.3) is 11.1 Å². The minimum atomic E-state index is 0.133. The van der Waals surface area contributed by atoms with E-state index in [-0.39, 0.29) is 10.8 Å². The highest BCUT2D eigenvalue weighted by molar-refractivity contribution is 5.79. The lowest BCUT2D eigenvalue weighted by molar-refractivity contribution is 0.182. The summed E-state index contributed by atoms with van der Waals surface area (Å²) in [6, 6.07) is 11.6. The molecule has 0 heterocycles. The molecule has 3 rings (SSSR count). The fourth-order valence-electron chi connectivity index (χ4n) is 3.82. The molecule has 0 N–H and O–H groups in total. The summed E-state index contributed by atoms with van der Waals surface area (Å²) < 4.78 is 5.57. The van der Waals surface area contributed by atoms with Gasteiger partial charge in [0.15, 0.2) is 0 Å². The Labute approximate surface area is 147 Å². The van der Waals surface area contributed by atoms with Crippen LogP contribution in [0.5, 0.6) is 0 Å². The van der Waals surface area contributed by atoms with Crippen LogP contribution < -0.4 is 0 Å². The highest BCUT2D eigenvalue weighted by Crippen LogP contribution is 2.43. The van der Waals surface area contributed by atoms with Crippen LogP contribution in [0.1, 0.15) is 69.4 Å². The molecule has 0 saturated carbocycles. The van der Waals surface area contributed by atoms with Crippen LogP contribution in [-0.4, -0.2) is 7.11 Å². The van der Waals surface area contributed by atoms with Crippen LogP contribution >= 0.6 is 0 Å². The van der Waals surface area contributed by atoms with Gasteiger partial charge in [-0.15, -0.1) is 0 Å². The van der Waals surface area contributed by atoms with Crippen LogP contribution in [0.2, 0.25) is 0 Å². The average Bonchev–Trinajstić information content (AvgIpc) is 2.84. The fraction of sp³-hybridized carbons (Fsp3) is 0.478. The Morgan fingerprint density at radius 3 is 2.12 bits per heavy atom. The zero-order valence-corrected chi connectivity index (χ0v) is 16.2. The number of benzene rings is 2. The monoisotopic (exact) mass is 322 g/mol. The van der Waals surface area contributed by atoms with Gasteiger partial charge in [0, 0.05) is 7.11 Å². The smallest absolute Gasteiger partial charge is 0.0718 e. The third-order valence-electron chi connectivity index (χ3n) is 5.16. The Balaban J connectivity index is 2.15. The summed E-state index contributed by atoms with van der Waals surface area (Å²) in [6.45, 7) is 14.4. The highest BCUT2D eigenvalue weighted by atomic mass is 16.5. The molecule has 128 valence electrons. The number of rotatable bonds is 2. The van der Waals surface area contributed by atoms with Crippen LogP contribution in [-0.2, 0) is 28.6 Å². The summed E-state index contributed by atoms with van der Waals surface area (Å²) >= 11 is 0. The van der Waals surface area contributed by atoms with E-state index in [0.29, 0.717) is 6.61 Å². The van der Waals surface area contributed by atoms with E-state index in [0.717, 1.165) is 6.42 Å². The van der Waals surface area contributed by atoms with Crippen LogP contribution in [0.15, 0.2) is 30.3 Å². The first-order chi connectivity index (χ1) is 11.1. The van der Waals surface area contributed by atoms with Crippen molar-refractivity contribution < 1.29 is 4.74 Å². The van der Waals surface area contributed by atoms with Gasteiger partial charge in [0.2, 0.25) is 0 Å². The van der Waals surface area contributed by atoms with Gasteiger partial charge in [-0.05, 0) is 56.2 Å². The summed E-state index contributed by atoms with van der Waals surface area (Å²) in [4.78, 5) is 0. The third-order valence-corrected chi connectivity index (χ3v) is 5.16. The number of fused-ring (bicyclic) bond motifs is 3. The summed E-state index contributed by atoms with van der Waals surface area (Å²) in [6.07, 6.45) is 1.02. The molecule has 0 amide bonds. The van der Waals surface area contributed by atoms with Gasteiger partial charge in [0.25, 0.3) is 0 Å². The third kappa shape index (κ3) is 2.91. The molecule has 0 atom stereocenters. The van der Waals surface area contributed by atoms with E-state index >= 15 is 0 Å². The molecule has 0 saturated heterocycles. The lowest BCUT2D eigenvalue weighted by Crippen LogP contribution is -2.16. The predicted octanol–water partition coefficient (Wildman–Crippen LogP) is 6.00. The van der Waals surface area contributed by atoms with Gasteiger partial charge in [-0.3, -0.25) is 0 Å². The molecule has 0 spiro atoms. The first-order valence-corrected chi connectivity index (χ1v) is 8.91. The maximum Gasteiger partial charge on any atom is 0.0718 e. The zero-order valence-electron chi connectivity index (χ0n) is 16.2. The molecule has 1 heteroatoms. The van der Waals surface area contributed by atoms with E-state index in [9.17, 15) is 0 Å². The fourth-order valence-corrected chi connectivity index (χ4v) is 3.82. The SMILES string of the molecule is COCc1c(C(C)(C)C)ccc2c1Cc1cc(C(C)(C)C)ccc1-2. The van der Waals surface area contributed by atoms with Gasteiger partial charge >= 0.3 is 0 Å². The molecule has 1 nitrogen and oxygen atoms in total. The molecule has 0 unspecified atom stereocenters. The van der Waals surface area contributed by atoms with Crippen LogP contribution in [0.4, 0.5) is 0 Å². The van der Waals surface area contributed by atoms with E-state index in [4.69, 9.17) is 4.74 Å². The normalized spacial score (nSPS) is 13.8. The van der Waals surface area contributed by atoms with Crippen molar-refractivity contribution in [3.63, 3.8) is 0 Å². The van der Waals surface area contributed by atoms with Gasteiger partial charge in [-0.2, -0.15) is 0 Å². The molecular formula is C23H30O. The first kappa shape index (κ1) is 17.2. The van der Waals surface area contributed by atoms with Gasteiger partial charge in [0.05, 0.1) is 6.61 Å². The summed E-state index contributed by atoms with van der Waals surface area (Å²) in [5.74, 6) is 0. The molecule has 2 aromatic rings. The Bertz CT molecular complexity index is 770. The molecule has 0 aliphatic heterocycles. The van der Waals surface area contributed by atoms with Crippen LogP contribution in [0, 0.1) is 0 Å².